The van der Waals surface area contributed by atoms with E-state index in [4.69, 9.17) is 4.74 Å². The predicted molar refractivity (Wildman–Crippen MR) is 278 cm³/mol. The molecular formula is C58H107NO5. The van der Waals surface area contributed by atoms with E-state index in [9.17, 15) is 19.8 Å². The molecule has 0 fully saturated rings. The van der Waals surface area contributed by atoms with Gasteiger partial charge < -0.3 is 20.3 Å². The molecule has 64 heavy (non-hydrogen) atoms. The topological polar surface area (TPSA) is 95.9 Å². The molecule has 0 aromatic carbocycles. The third kappa shape index (κ3) is 46.4. The number of esters is 1. The van der Waals surface area contributed by atoms with Crippen LogP contribution >= 0.6 is 0 Å². The van der Waals surface area contributed by atoms with Gasteiger partial charge in [-0.3, -0.25) is 9.59 Å². The average molecular weight is 898 g/mol. The summed E-state index contributed by atoms with van der Waals surface area (Å²) in [7, 11) is 0. The van der Waals surface area contributed by atoms with E-state index in [1.54, 1.807) is 0 Å². The fourth-order valence-electron chi connectivity index (χ4n) is 8.42. The lowest BCUT2D eigenvalue weighted by Crippen LogP contribution is -2.46. The highest BCUT2D eigenvalue weighted by Gasteiger charge is 2.24. The monoisotopic (exact) mass is 898 g/mol. The zero-order valence-electron chi connectivity index (χ0n) is 42.7. The van der Waals surface area contributed by atoms with Crippen molar-refractivity contribution in [2.45, 2.75) is 302 Å². The third-order valence-electron chi connectivity index (χ3n) is 12.7. The largest absolute Gasteiger partial charge is 0.462 e. The van der Waals surface area contributed by atoms with E-state index >= 15 is 0 Å². The summed E-state index contributed by atoms with van der Waals surface area (Å²) in [5.41, 5.74) is 0. The van der Waals surface area contributed by atoms with Gasteiger partial charge in [0, 0.05) is 6.42 Å². The number of unbranched alkanes of at least 4 members (excludes halogenated alkanes) is 30. The minimum absolute atomic E-state index is 0.0590. The van der Waals surface area contributed by atoms with Gasteiger partial charge in [0.05, 0.1) is 25.2 Å². The van der Waals surface area contributed by atoms with Gasteiger partial charge in [-0.05, 0) is 64.2 Å². The molecule has 0 saturated heterocycles. The molecule has 6 heteroatoms. The molecular weight excluding hydrogens is 791 g/mol. The van der Waals surface area contributed by atoms with E-state index in [0.717, 1.165) is 64.2 Å². The molecule has 0 aliphatic rings. The number of aliphatic hydroxyl groups excluding tert-OH is 2. The number of rotatable bonds is 50. The zero-order valence-corrected chi connectivity index (χ0v) is 42.7. The second kappa shape index (κ2) is 51.8. The molecule has 0 bridgehead atoms. The summed E-state index contributed by atoms with van der Waals surface area (Å²) in [4.78, 5) is 26.2. The van der Waals surface area contributed by atoms with Crippen LogP contribution in [0.3, 0.4) is 0 Å². The first-order chi connectivity index (χ1) is 31.5. The number of carbonyl (C=O) groups is 2. The second-order valence-electron chi connectivity index (χ2n) is 19.0. The summed E-state index contributed by atoms with van der Waals surface area (Å²) in [5, 5.41) is 23.8. The molecule has 0 saturated carbocycles. The Morgan fingerprint density at radius 1 is 0.453 bits per heavy atom. The van der Waals surface area contributed by atoms with Crippen molar-refractivity contribution in [1.29, 1.82) is 0 Å². The van der Waals surface area contributed by atoms with Crippen molar-refractivity contribution in [3.63, 3.8) is 0 Å². The van der Waals surface area contributed by atoms with Crippen molar-refractivity contribution in [2.75, 3.05) is 6.61 Å². The zero-order chi connectivity index (χ0) is 46.7. The first-order valence-electron chi connectivity index (χ1n) is 27.9. The van der Waals surface area contributed by atoms with E-state index in [-0.39, 0.29) is 24.9 Å². The minimum Gasteiger partial charge on any atom is -0.462 e. The van der Waals surface area contributed by atoms with Crippen molar-refractivity contribution in [2.24, 2.45) is 0 Å². The number of ether oxygens (including phenoxy) is 1. The maximum Gasteiger partial charge on any atom is 0.306 e. The molecule has 0 aliphatic heterocycles. The SMILES string of the molecule is CCCCC/C=C\C/C=C\C/C=C\C/C=C\CCCC(=O)OC(CCCCCCCCCCCCCCCCC)CC(=O)NC(CO)C(O)CCCCCCCCCCCCCCC. The van der Waals surface area contributed by atoms with Crippen LogP contribution in [0.5, 0.6) is 0 Å². The Balaban J connectivity index is 4.64. The molecule has 1 amide bonds. The van der Waals surface area contributed by atoms with E-state index in [1.165, 1.54) is 167 Å². The van der Waals surface area contributed by atoms with Gasteiger partial charge in [-0.15, -0.1) is 0 Å². The number of allylic oxidation sites excluding steroid dienone is 8. The number of amides is 1. The van der Waals surface area contributed by atoms with Crippen LogP contribution in [0.2, 0.25) is 0 Å². The molecule has 0 rings (SSSR count). The summed E-state index contributed by atoms with van der Waals surface area (Å²) in [6, 6.07) is -0.711. The van der Waals surface area contributed by atoms with Crippen molar-refractivity contribution in [3.05, 3.63) is 48.6 Å². The van der Waals surface area contributed by atoms with Gasteiger partial charge >= 0.3 is 5.97 Å². The Bertz CT molecular complexity index is 1100. The Morgan fingerprint density at radius 3 is 1.20 bits per heavy atom. The van der Waals surface area contributed by atoms with E-state index in [2.05, 4.69) is 74.7 Å². The van der Waals surface area contributed by atoms with Crippen molar-refractivity contribution < 1.29 is 24.5 Å². The van der Waals surface area contributed by atoms with Gasteiger partial charge in [-0.25, -0.2) is 0 Å². The van der Waals surface area contributed by atoms with Crippen LogP contribution in [-0.4, -0.2) is 46.9 Å². The molecule has 3 atom stereocenters. The standard InChI is InChI=1S/C58H107NO5/c1-4-7-10-13-16-19-22-25-27-28-30-33-36-39-42-45-48-51-58(63)64-54(49-46-43-40-37-34-32-29-26-23-20-17-14-11-8-5-2)52-57(62)59-55(53-60)56(61)50-47-44-41-38-35-31-24-21-18-15-12-9-6-3/h16,19,25,27,30,33,39,42,54-56,60-61H,4-15,17-18,20-24,26,28-29,31-32,34-38,40-41,43-53H2,1-3H3,(H,59,62)/b19-16-,27-25-,33-30-,42-39-. The highest BCUT2D eigenvalue weighted by molar-refractivity contribution is 5.77. The van der Waals surface area contributed by atoms with Crippen LogP contribution in [0, 0.1) is 0 Å². The Labute approximate surface area is 397 Å². The van der Waals surface area contributed by atoms with Gasteiger partial charge in [0.25, 0.3) is 0 Å². The fraction of sp³-hybridized carbons (Fsp3) is 0.828. The first kappa shape index (κ1) is 61.8. The number of nitrogens with one attached hydrogen (secondary N) is 1. The molecule has 0 heterocycles. The molecule has 0 aliphatic carbocycles. The predicted octanol–water partition coefficient (Wildman–Crippen LogP) is 17.0. The summed E-state index contributed by atoms with van der Waals surface area (Å²) in [5.74, 6) is -0.529. The number of aliphatic hydroxyl groups is 2. The lowest BCUT2D eigenvalue weighted by atomic mass is 10.0. The normalized spacial score (nSPS) is 13.5. The summed E-state index contributed by atoms with van der Waals surface area (Å²) in [6.45, 7) is 6.47. The van der Waals surface area contributed by atoms with Crippen molar-refractivity contribution in [3.8, 4) is 0 Å². The summed E-state index contributed by atoms with van der Waals surface area (Å²) >= 11 is 0. The first-order valence-corrected chi connectivity index (χ1v) is 27.9. The smallest absolute Gasteiger partial charge is 0.306 e. The maximum atomic E-state index is 13.2. The molecule has 6 nitrogen and oxygen atoms in total. The molecule has 0 aromatic heterocycles. The van der Waals surface area contributed by atoms with Crippen LogP contribution in [0.4, 0.5) is 0 Å². The fourth-order valence-corrected chi connectivity index (χ4v) is 8.42. The summed E-state index contributed by atoms with van der Waals surface area (Å²) < 4.78 is 5.93. The maximum absolute atomic E-state index is 13.2. The van der Waals surface area contributed by atoms with Crippen LogP contribution < -0.4 is 5.32 Å². The third-order valence-corrected chi connectivity index (χ3v) is 12.7. The van der Waals surface area contributed by atoms with Crippen LogP contribution in [-0.2, 0) is 14.3 Å². The van der Waals surface area contributed by atoms with Crippen LogP contribution in [0.25, 0.3) is 0 Å². The lowest BCUT2D eigenvalue weighted by molar-refractivity contribution is -0.151. The van der Waals surface area contributed by atoms with Gasteiger partial charge in [-0.2, -0.15) is 0 Å². The minimum atomic E-state index is -0.795. The number of carbonyl (C=O) groups excluding carboxylic acids is 2. The van der Waals surface area contributed by atoms with Crippen LogP contribution in [0.1, 0.15) is 284 Å². The molecule has 374 valence electrons. The van der Waals surface area contributed by atoms with Crippen LogP contribution in [0.15, 0.2) is 48.6 Å². The summed E-state index contributed by atoms with van der Waals surface area (Å²) in [6.07, 6.45) is 63.2. The van der Waals surface area contributed by atoms with Gasteiger partial charge in [-0.1, -0.05) is 256 Å². The number of hydrogen-bond acceptors (Lipinski definition) is 5. The molecule has 3 N–H and O–H groups in total. The Kier molecular flexibility index (Phi) is 50.0. The quantitative estimate of drug-likeness (QED) is 0.0321. The van der Waals surface area contributed by atoms with Crippen molar-refractivity contribution >= 4 is 11.9 Å². The lowest BCUT2D eigenvalue weighted by Gasteiger charge is -2.24. The van der Waals surface area contributed by atoms with Gasteiger partial charge in [0.1, 0.15) is 6.10 Å². The number of hydrogen-bond donors (Lipinski definition) is 3. The Morgan fingerprint density at radius 2 is 0.797 bits per heavy atom. The highest BCUT2D eigenvalue weighted by atomic mass is 16.5. The van der Waals surface area contributed by atoms with E-state index < -0.39 is 18.2 Å². The second-order valence-corrected chi connectivity index (χ2v) is 19.0. The highest BCUT2D eigenvalue weighted by Crippen LogP contribution is 2.18. The van der Waals surface area contributed by atoms with E-state index in [1.807, 2.05) is 0 Å². The molecule has 0 aromatic rings. The van der Waals surface area contributed by atoms with E-state index in [0.29, 0.717) is 25.7 Å². The Hall–Kier alpha value is -2.18. The van der Waals surface area contributed by atoms with Gasteiger partial charge in [0.15, 0.2) is 0 Å². The molecule has 0 spiro atoms. The average Bonchev–Trinajstić information content (AvgIpc) is 3.29. The van der Waals surface area contributed by atoms with Crippen molar-refractivity contribution in [1.82, 2.24) is 5.32 Å². The molecule has 0 radical (unpaired) electrons. The van der Waals surface area contributed by atoms with Gasteiger partial charge in [0.2, 0.25) is 5.91 Å². The molecule has 3 unspecified atom stereocenters.